The summed E-state index contributed by atoms with van der Waals surface area (Å²) in [4.78, 5) is 11.7. The van der Waals surface area contributed by atoms with Crippen LogP contribution in [0.5, 0.6) is 0 Å². The number of carbonyl (C=O) groups is 1. The summed E-state index contributed by atoms with van der Waals surface area (Å²) in [6, 6.07) is 0. The Morgan fingerprint density at radius 2 is 2.17 bits per heavy atom. The molecule has 0 fully saturated rings. The van der Waals surface area contributed by atoms with Gasteiger partial charge in [-0.1, -0.05) is 20.3 Å². The number of ether oxygens (including phenoxy) is 1. The maximum Gasteiger partial charge on any atom is 0.345 e. The van der Waals surface area contributed by atoms with Gasteiger partial charge in [0.05, 0.1) is 7.11 Å². The van der Waals surface area contributed by atoms with E-state index in [9.17, 15) is 4.79 Å². The van der Waals surface area contributed by atoms with Crippen molar-refractivity contribution in [2.45, 2.75) is 39.7 Å². The molecule has 102 valence electrons. The Morgan fingerprint density at radius 1 is 1.44 bits per heavy atom. The number of nitrogens with zero attached hydrogens (tertiary/aromatic N) is 2. The summed E-state index contributed by atoms with van der Waals surface area (Å²) < 4.78 is 6.40. The van der Waals surface area contributed by atoms with Gasteiger partial charge in [-0.3, -0.25) is 0 Å². The Labute approximate surface area is 107 Å². The number of anilines is 2. The molecule has 0 saturated carbocycles. The van der Waals surface area contributed by atoms with Gasteiger partial charge in [-0.15, -0.1) is 0 Å². The fourth-order valence-electron chi connectivity index (χ4n) is 1.62. The standard InChI is InChI=1S/C12H22N4O2/c1-4-6-8-16-10(13)9(12(17)18-3)11(15-16)14-7-5-2/h4-8,13H2,1-3H3,(H,14,15). The molecule has 0 spiro atoms. The molecular formula is C12H22N4O2. The van der Waals surface area contributed by atoms with Gasteiger partial charge in [0.15, 0.2) is 5.82 Å². The highest BCUT2D eigenvalue weighted by Crippen LogP contribution is 2.23. The van der Waals surface area contributed by atoms with Crippen molar-refractivity contribution in [3.05, 3.63) is 5.56 Å². The molecule has 0 aromatic carbocycles. The van der Waals surface area contributed by atoms with Crippen LogP contribution >= 0.6 is 0 Å². The van der Waals surface area contributed by atoms with Crippen LogP contribution in [0.25, 0.3) is 0 Å². The Hall–Kier alpha value is -1.72. The maximum absolute atomic E-state index is 11.7. The zero-order valence-electron chi connectivity index (χ0n) is 11.3. The first-order valence-corrected chi connectivity index (χ1v) is 6.34. The van der Waals surface area contributed by atoms with Crippen LogP contribution < -0.4 is 11.1 Å². The van der Waals surface area contributed by atoms with Gasteiger partial charge in [0, 0.05) is 13.1 Å². The molecule has 1 heterocycles. The van der Waals surface area contributed by atoms with E-state index in [4.69, 9.17) is 10.5 Å². The maximum atomic E-state index is 11.7. The highest BCUT2D eigenvalue weighted by Gasteiger charge is 2.22. The zero-order valence-corrected chi connectivity index (χ0v) is 11.3. The molecule has 0 amide bonds. The van der Waals surface area contributed by atoms with Gasteiger partial charge in [-0.05, 0) is 12.8 Å². The third-order valence-electron chi connectivity index (χ3n) is 2.65. The lowest BCUT2D eigenvalue weighted by Gasteiger charge is -2.03. The van der Waals surface area contributed by atoms with Gasteiger partial charge < -0.3 is 15.8 Å². The molecule has 18 heavy (non-hydrogen) atoms. The largest absolute Gasteiger partial charge is 0.465 e. The molecule has 0 saturated heterocycles. The molecule has 0 aliphatic heterocycles. The topological polar surface area (TPSA) is 82.2 Å². The summed E-state index contributed by atoms with van der Waals surface area (Å²) in [6.07, 6.45) is 2.96. The molecule has 0 radical (unpaired) electrons. The van der Waals surface area contributed by atoms with Gasteiger partial charge in [0.1, 0.15) is 11.4 Å². The van der Waals surface area contributed by atoms with Crippen molar-refractivity contribution in [2.24, 2.45) is 0 Å². The van der Waals surface area contributed by atoms with Crippen molar-refractivity contribution >= 4 is 17.6 Å². The summed E-state index contributed by atoms with van der Waals surface area (Å²) in [6.45, 7) is 5.59. The van der Waals surface area contributed by atoms with E-state index in [0.29, 0.717) is 23.7 Å². The third-order valence-corrected chi connectivity index (χ3v) is 2.65. The van der Waals surface area contributed by atoms with Gasteiger partial charge in [0.25, 0.3) is 0 Å². The van der Waals surface area contributed by atoms with E-state index in [2.05, 4.69) is 17.3 Å². The SMILES string of the molecule is CCCCn1nc(NCCC)c(C(=O)OC)c1N. The number of hydrogen-bond acceptors (Lipinski definition) is 5. The average Bonchev–Trinajstić information content (AvgIpc) is 2.69. The van der Waals surface area contributed by atoms with Crippen molar-refractivity contribution in [3.63, 3.8) is 0 Å². The van der Waals surface area contributed by atoms with Crippen LogP contribution in [0.2, 0.25) is 0 Å². The Balaban J connectivity index is 3.01. The van der Waals surface area contributed by atoms with Crippen molar-refractivity contribution in [2.75, 3.05) is 24.7 Å². The lowest BCUT2D eigenvalue weighted by Crippen LogP contribution is -2.10. The van der Waals surface area contributed by atoms with Crippen LogP contribution in [-0.2, 0) is 11.3 Å². The first kappa shape index (κ1) is 14.3. The molecular weight excluding hydrogens is 232 g/mol. The second kappa shape index (κ2) is 6.88. The molecule has 0 aliphatic rings. The van der Waals surface area contributed by atoms with Gasteiger partial charge in [-0.2, -0.15) is 5.10 Å². The number of nitrogen functional groups attached to an aromatic ring is 1. The normalized spacial score (nSPS) is 10.4. The molecule has 1 aromatic rings. The Morgan fingerprint density at radius 3 is 2.72 bits per heavy atom. The number of carbonyl (C=O) groups excluding carboxylic acids is 1. The molecule has 3 N–H and O–H groups in total. The molecule has 0 unspecified atom stereocenters. The van der Waals surface area contributed by atoms with Crippen LogP contribution in [0, 0.1) is 0 Å². The lowest BCUT2D eigenvalue weighted by atomic mass is 10.3. The van der Waals surface area contributed by atoms with E-state index in [0.717, 1.165) is 25.8 Å². The molecule has 1 rings (SSSR count). The van der Waals surface area contributed by atoms with Crippen LogP contribution in [0.4, 0.5) is 11.6 Å². The quantitative estimate of drug-likeness (QED) is 0.726. The Bertz CT molecular complexity index is 401. The molecule has 0 atom stereocenters. The van der Waals surface area contributed by atoms with E-state index in [1.165, 1.54) is 7.11 Å². The lowest BCUT2D eigenvalue weighted by molar-refractivity contribution is 0.0603. The number of unbranched alkanes of at least 4 members (excludes halogenated alkanes) is 1. The number of methoxy groups -OCH3 is 1. The number of aromatic nitrogens is 2. The third kappa shape index (κ3) is 3.15. The molecule has 1 aromatic heterocycles. The van der Waals surface area contributed by atoms with E-state index in [1.54, 1.807) is 4.68 Å². The molecule has 6 nitrogen and oxygen atoms in total. The van der Waals surface area contributed by atoms with E-state index >= 15 is 0 Å². The first-order chi connectivity index (χ1) is 8.65. The monoisotopic (exact) mass is 254 g/mol. The summed E-state index contributed by atoms with van der Waals surface area (Å²) in [7, 11) is 1.34. The fourth-order valence-corrected chi connectivity index (χ4v) is 1.62. The fraction of sp³-hybridized carbons (Fsp3) is 0.667. The number of nitrogens with two attached hydrogens (primary N) is 1. The van der Waals surface area contributed by atoms with Crippen molar-refractivity contribution in [1.82, 2.24) is 9.78 Å². The Kier molecular flexibility index (Phi) is 5.48. The molecule has 0 aliphatic carbocycles. The minimum absolute atomic E-state index is 0.335. The minimum Gasteiger partial charge on any atom is -0.465 e. The van der Waals surface area contributed by atoms with Crippen LogP contribution in [-0.4, -0.2) is 29.4 Å². The summed E-state index contributed by atoms with van der Waals surface area (Å²) >= 11 is 0. The van der Waals surface area contributed by atoms with E-state index in [1.807, 2.05) is 6.92 Å². The second-order valence-corrected chi connectivity index (χ2v) is 4.10. The highest BCUT2D eigenvalue weighted by atomic mass is 16.5. The van der Waals surface area contributed by atoms with Crippen molar-refractivity contribution in [1.29, 1.82) is 0 Å². The van der Waals surface area contributed by atoms with Crippen molar-refractivity contribution < 1.29 is 9.53 Å². The second-order valence-electron chi connectivity index (χ2n) is 4.10. The predicted molar refractivity (Wildman–Crippen MR) is 71.7 cm³/mol. The van der Waals surface area contributed by atoms with Gasteiger partial charge in [-0.25, -0.2) is 9.48 Å². The number of hydrogen-bond donors (Lipinski definition) is 2. The number of aryl methyl sites for hydroxylation is 1. The smallest absolute Gasteiger partial charge is 0.345 e. The summed E-state index contributed by atoms with van der Waals surface area (Å²) in [5.74, 6) is 0.431. The average molecular weight is 254 g/mol. The number of rotatable bonds is 7. The van der Waals surface area contributed by atoms with Crippen LogP contribution in [0.1, 0.15) is 43.5 Å². The minimum atomic E-state index is -0.450. The van der Waals surface area contributed by atoms with Crippen LogP contribution in [0.15, 0.2) is 0 Å². The molecule has 0 bridgehead atoms. The highest BCUT2D eigenvalue weighted by molar-refractivity contribution is 5.99. The van der Waals surface area contributed by atoms with Crippen molar-refractivity contribution in [3.8, 4) is 0 Å². The first-order valence-electron chi connectivity index (χ1n) is 6.34. The van der Waals surface area contributed by atoms with E-state index < -0.39 is 5.97 Å². The van der Waals surface area contributed by atoms with E-state index in [-0.39, 0.29) is 0 Å². The summed E-state index contributed by atoms with van der Waals surface area (Å²) in [5.41, 5.74) is 6.29. The molecule has 6 heteroatoms. The van der Waals surface area contributed by atoms with Gasteiger partial charge in [0.2, 0.25) is 0 Å². The predicted octanol–water partition coefficient (Wildman–Crippen LogP) is 1.87. The summed E-state index contributed by atoms with van der Waals surface area (Å²) in [5, 5.41) is 7.44. The zero-order chi connectivity index (χ0) is 13.5. The number of nitrogens with one attached hydrogen (secondary N) is 1. The van der Waals surface area contributed by atoms with Gasteiger partial charge >= 0.3 is 5.97 Å². The number of esters is 1. The van der Waals surface area contributed by atoms with Crippen LogP contribution in [0.3, 0.4) is 0 Å².